The summed E-state index contributed by atoms with van der Waals surface area (Å²) in [7, 11) is 0. The van der Waals surface area contributed by atoms with Crippen molar-refractivity contribution in [3.05, 3.63) is 29.8 Å². The maximum atomic E-state index is 10.9. The van der Waals surface area contributed by atoms with E-state index in [0.717, 1.165) is 44.0 Å². The number of aliphatic hydroxyl groups excluding tert-OH is 1. The summed E-state index contributed by atoms with van der Waals surface area (Å²) in [5, 5.41) is 10.9. The van der Waals surface area contributed by atoms with E-state index in [1.165, 1.54) is 0 Å². The molecule has 2 unspecified atom stereocenters. The number of fused-ring (bicyclic) bond motifs is 1. The molecule has 1 aromatic rings. The van der Waals surface area contributed by atoms with E-state index in [9.17, 15) is 5.11 Å². The minimum Gasteiger partial charge on any atom is -0.486 e. The van der Waals surface area contributed by atoms with Crippen molar-refractivity contribution >= 4 is 0 Å². The maximum Gasteiger partial charge on any atom is 0.126 e. The monoisotopic (exact) mass is 290 g/mol. The fourth-order valence-corrected chi connectivity index (χ4v) is 3.71. The van der Waals surface area contributed by atoms with Crippen molar-refractivity contribution in [2.75, 3.05) is 32.7 Å². The second-order valence-electron chi connectivity index (χ2n) is 6.60. The Labute approximate surface area is 127 Å². The predicted octanol–water partition coefficient (Wildman–Crippen LogP) is 1.90. The van der Waals surface area contributed by atoms with Crippen LogP contribution in [-0.2, 0) is 0 Å². The topological polar surface area (TPSA) is 35.9 Å². The molecule has 0 aromatic heterocycles. The standard InChI is InChI=1S/C17H26N2O2/c1-4-18-9-11-19(12-10-18)16-15(20)13-7-5-6-8-14(13)21-17(16,2)3/h5-8,15-16,20H,4,9-12H2,1-3H3. The van der Waals surface area contributed by atoms with E-state index in [4.69, 9.17) is 4.74 Å². The van der Waals surface area contributed by atoms with Gasteiger partial charge in [0.05, 0.1) is 6.04 Å². The van der Waals surface area contributed by atoms with Gasteiger partial charge in [-0.2, -0.15) is 0 Å². The van der Waals surface area contributed by atoms with Crippen molar-refractivity contribution in [1.82, 2.24) is 9.80 Å². The summed E-state index contributed by atoms with van der Waals surface area (Å²) in [6.45, 7) is 11.6. The molecule has 4 heteroatoms. The highest BCUT2D eigenvalue weighted by atomic mass is 16.5. The van der Waals surface area contributed by atoms with Crippen LogP contribution in [-0.4, -0.2) is 59.3 Å². The van der Waals surface area contributed by atoms with Crippen molar-refractivity contribution < 1.29 is 9.84 Å². The second kappa shape index (κ2) is 5.59. The van der Waals surface area contributed by atoms with Gasteiger partial charge in [0.15, 0.2) is 0 Å². The van der Waals surface area contributed by atoms with Crippen molar-refractivity contribution in [2.45, 2.75) is 38.5 Å². The first-order valence-electron chi connectivity index (χ1n) is 7.95. The first kappa shape index (κ1) is 14.8. The number of ether oxygens (including phenoxy) is 1. The van der Waals surface area contributed by atoms with E-state index >= 15 is 0 Å². The Balaban J connectivity index is 1.85. The van der Waals surface area contributed by atoms with Gasteiger partial charge in [-0.1, -0.05) is 25.1 Å². The van der Waals surface area contributed by atoms with Gasteiger partial charge < -0.3 is 14.7 Å². The smallest absolute Gasteiger partial charge is 0.126 e. The Morgan fingerprint density at radius 3 is 2.52 bits per heavy atom. The van der Waals surface area contributed by atoms with Crippen LogP contribution >= 0.6 is 0 Å². The minimum atomic E-state index is -0.488. The highest BCUT2D eigenvalue weighted by Crippen LogP contribution is 2.42. The van der Waals surface area contributed by atoms with Gasteiger partial charge in [-0.15, -0.1) is 0 Å². The average molecular weight is 290 g/mol. The number of hydrogen-bond donors (Lipinski definition) is 1. The molecule has 0 amide bonds. The molecular weight excluding hydrogens is 264 g/mol. The largest absolute Gasteiger partial charge is 0.486 e. The van der Waals surface area contributed by atoms with Crippen LogP contribution in [0.5, 0.6) is 5.75 Å². The van der Waals surface area contributed by atoms with Crippen LogP contribution in [0.1, 0.15) is 32.4 Å². The summed E-state index contributed by atoms with van der Waals surface area (Å²) in [4.78, 5) is 4.85. The lowest BCUT2D eigenvalue weighted by atomic mass is 9.84. The predicted molar refractivity (Wildman–Crippen MR) is 83.6 cm³/mol. The van der Waals surface area contributed by atoms with Crippen molar-refractivity contribution in [3.8, 4) is 5.75 Å². The normalized spacial score (nSPS) is 29.7. The molecule has 0 bridgehead atoms. The number of aliphatic hydroxyl groups is 1. The molecule has 2 heterocycles. The lowest BCUT2D eigenvalue weighted by Crippen LogP contribution is -2.61. The van der Waals surface area contributed by atoms with E-state index in [-0.39, 0.29) is 11.6 Å². The number of piperazine rings is 1. The quantitative estimate of drug-likeness (QED) is 0.902. The maximum absolute atomic E-state index is 10.9. The molecule has 21 heavy (non-hydrogen) atoms. The number of likely N-dealkylation sites (N-methyl/N-ethyl adjacent to an activating group) is 1. The van der Waals surface area contributed by atoms with Crippen LogP contribution in [0.15, 0.2) is 24.3 Å². The Morgan fingerprint density at radius 1 is 1.19 bits per heavy atom. The zero-order valence-corrected chi connectivity index (χ0v) is 13.2. The van der Waals surface area contributed by atoms with E-state index in [0.29, 0.717) is 0 Å². The minimum absolute atomic E-state index is 0.00593. The lowest BCUT2D eigenvalue weighted by Gasteiger charge is -2.50. The highest BCUT2D eigenvalue weighted by Gasteiger charge is 2.46. The van der Waals surface area contributed by atoms with Gasteiger partial charge >= 0.3 is 0 Å². The van der Waals surface area contributed by atoms with Gasteiger partial charge in [0, 0.05) is 31.7 Å². The van der Waals surface area contributed by atoms with Gasteiger partial charge in [-0.05, 0) is 26.5 Å². The number of rotatable bonds is 2. The van der Waals surface area contributed by atoms with E-state index in [1.807, 2.05) is 24.3 Å². The summed E-state index contributed by atoms with van der Waals surface area (Å²) in [6, 6.07) is 7.86. The van der Waals surface area contributed by atoms with Crippen LogP contribution in [0.3, 0.4) is 0 Å². The molecule has 1 fully saturated rings. The van der Waals surface area contributed by atoms with Crippen LogP contribution < -0.4 is 4.74 Å². The van der Waals surface area contributed by atoms with Crippen LogP contribution in [0, 0.1) is 0 Å². The van der Waals surface area contributed by atoms with Crippen LogP contribution in [0.4, 0.5) is 0 Å². The fourth-order valence-electron chi connectivity index (χ4n) is 3.71. The van der Waals surface area contributed by atoms with Gasteiger partial charge in [-0.3, -0.25) is 4.90 Å². The number of para-hydroxylation sites is 1. The molecular formula is C17H26N2O2. The van der Waals surface area contributed by atoms with E-state index in [2.05, 4.69) is 30.6 Å². The molecule has 2 aliphatic heterocycles. The Kier molecular flexibility index (Phi) is 3.95. The van der Waals surface area contributed by atoms with Gasteiger partial charge in [0.1, 0.15) is 17.5 Å². The van der Waals surface area contributed by atoms with Crippen molar-refractivity contribution in [1.29, 1.82) is 0 Å². The molecule has 0 radical (unpaired) electrons. The zero-order valence-electron chi connectivity index (χ0n) is 13.2. The van der Waals surface area contributed by atoms with Crippen LogP contribution in [0.2, 0.25) is 0 Å². The first-order chi connectivity index (χ1) is 10.0. The van der Waals surface area contributed by atoms with Crippen molar-refractivity contribution in [2.24, 2.45) is 0 Å². The molecule has 116 valence electrons. The molecule has 2 atom stereocenters. The van der Waals surface area contributed by atoms with Crippen LogP contribution in [0.25, 0.3) is 0 Å². The van der Waals surface area contributed by atoms with Gasteiger partial charge in [0.2, 0.25) is 0 Å². The second-order valence-corrected chi connectivity index (χ2v) is 6.60. The van der Waals surface area contributed by atoms with Crippen molar-refractivity contribution in [3.63, 3.8) is 0 Å². The molecule has 3 rings (SSSR count). The highest BCUT2D eigenvalue weighted by molar-refractivity contribution is 5.39. The third kappa shape index (κ3) is 2.68. The summed E-state index contributed by atoms with van der Waals surface area (Å²) in [6.07, 6.45) is -0.488. The molecule has 4 nitrogen and oxygen atoms in total. The fraction of sp³-hybridized carbons (Fsp3) is 0.647. The number of hydrogen-bond acceptors (Lipinski definition) is 4. The molecule has 2 aliphatic rings. The van der Waals surface area contributed by atoms with E-state index < -0.39 is 6.10 Å². The molecule has 1 N–H and O–H groups in total. The molecule has 1 saturated heterocycles. The number of nitrogens with zero attached hydrogens (tertiary/aromatic N) is 2. The lowest BCUT2D eigenvalue weighted by molar-refractivity contribution is -0.0929. The Bertz CT molecular complexity index is 495. The average Bonchev–Trinajstić information content (AvgIpc) is 2.47. The summed E-state index contributed by atoms with van der Waals surface area (Å²) >= 11 is 0. The third-order valence-electron chi connectivity index (χ3n) is 4.87. The molecule has 0 spiro atoms. The third-order valence-corrected chi connectivity index (χ3v) is 4.87. The summed E-state index contributed by atoms with van der Waals surface area (Å²) in [5.74, 6) is 0.818. The number of benzene rings is 1. The first-order valence-corrected chi connectivity index (χ1v) is 7.95. The molecule has 0 saturated carbocycles. The molecule has 0 aliphatic carbocycles. The van der Waals surface area contributed by atoms with Gasteiger partial charge in [-0.25, -0.2) is 0 Å². The Hall–Kier alpha value is -1.10. The molecule has 1 aromatic carbocycles. The summed E-state index contributed by atoms with van der Waals surface area (Å²) < 4.78 is 6.19. The van der Waals surface area contributed by atoms with E-state index in [1.54, 1.807) is 0 Å². The zero-order chi connectivity index (χ0) is 15.0. The van der Waals surface area contributed by atoms with Gasteiger partial charge in [0.25, 0.3) is 0 Å². The summed E-state index contributed by atoms with van der Waals surface area (Å²) in [5.41, 5.74) is 0.530. The Morgan fingerprint density at radius 2 is 1.86 bits per heavy atom. The SMILES string of the molecule is CCN1CCN(C2C(O)c3ccccc3OC2(C)C)CC1.